The summed E-state index contributed by atoms with van der Waals surface area (Å²) < 4.78 is 0. The van der Waals surface area contributed by atoms with Crippen molar-refractivity contribution in [3.05, 3.63) is 12.8 Å². The zero-order valence-corrected chi connectivity index (χ0v) is 5.06. The van der Waals surface area contributed by atoms with Crippen molar-refractivity contribution in [1.29, 1.82) is 0 Å². The molecule has 0 saturated heterocycles. The minimum atomic E-state index is -0.954. The van der Waals surface area contributed by atoms with Gasteiger partial charge in [-0.05, 0) is 0 Å². The van der Waals surface area contributed by atoms with Crippen LogP contribution in [-0.4, -0.2) is 39.7 Å². The highest BCUT2D eigenvalue weighted by Gasteiger charge is 1.93. The third kappa shape index (κ3) is 18.6. The van der Waals surface area contributed by atoms with Crippen molar-refractivity contribution < 1.29 is 20.4 Å². The van der Waals surface area contributed by atoms with Crippen LogP contribution in [0, 0.1) is 0 Å². The Bertz CT molecular complexity index is 50.9. The highest BCUT2D eigenvalue weighted by atomic mass is 16.3. The normalized spacial score (nSPS) is 8.00. The first-order valence-corrected chi connectivity index (χ1v) is 2.37. The van der Waals surface area contributed by atoms with Gasteiger partial charge in [-0.1, -0.05) is 6.58 Å². The van der Waals surface area contributed by atoms with Crippen LogP contribution in [0.1, 0.15) is 0 Å². The van der Waals surface area contributed by atoms with Crippen LogP contribution < -0.4 is 0 Å². The van der Waals surface area contributed by atoms with Crippen molar-refractivity contribution in [1.82, 2.24) is 0 Å². The molecule has 0 fully saturated rings. The van der Waals surface area contributed by atoms with Gasteiger partial charge in [-0.15, -0.1) is 0 Å². The fourth-order valence-corrected chi connectivity index (χ4v) is 0.0577. The van der Waals surface area contributed by atoms with Crippen LogP contribution in [0.5, 0.6) is 0 Å². The third-order valence-electron chi connectivity index (χ3n) is 0.421. The summed E-state index contributed by atoms with van der Waals surface area (Å²) in [6.45, 7) is 2.19. The van der Waals surface area contributed by atoms with E-state index < -0.39 is 6.10 Å². The van der Waals surface area contributed by atoms with Crippen molar-refractivity contribution in [2.75, 3.05) is 13.2 Å². The van der Waals surface area contributed by atoms with Gasteiger partial charge in [-0.25, -0.2) is 0 Å². The highest BCUT2D eigenvalue weighted by molar-refractivity contribution is 4.44. The van der Waals surface area contributed by atoms with E-state index in [4.69, 9.17) is 20.4 Å². The van der Waals surface area contributed by atoms with Crippen LogP contribution in [0.2, 0.25) is 0 Å². The van der Waals surface area contributed by atoms with Crippen LogP contribution >= 0.6 is 0 Å². The van der Waals surface area contributed by atoms with Gasteiger partial charge in [-0.3, -0.25) is 0 Å². The monoisotopic (exact) mass is 136 g/mol. The fraction of sp³-hybridized carbons (Fsp3) is 0.600. The number of rotatable bonds is 2. The number of aliphatic hydroxyl groups is 4. The number of hydrogen-bond donors (Lipinski definition) is 4. The molecule has 0 aromatic heterocycles. The van der Waals surface area contributed by atoms with Crippen LogP contribution in [0.4, 0.5) is 0 Å². The molecule has 0 aliphatic carbocycles. The number of aliphatic hydroxyl groups excluding tert-OH is 4. The Morgan fingerprint density at radius 2 is 1.56 bits per heavy atom. The summed E-state index contributed by atoms with van der Waals surface area (Å²) in [5, 5.41) is 31.3. The molecule has 0 unspecified atom stereocenters. The summed E-state index contributed by atoms with van der Waals surface area (Å²) in [5.74, 6) is 0. The second-order valence-electron chi connectivity index (χ2n) is 1.20. The van der Waals surface area contributed by atoms with Crippen LogP contribution in [0.15, 0.2) is 12.8 Å². The smallest absolute Gasteiger partial charge is 0.100 e. The third-order valence-corrected chi connectivity index (χ3v) is 0.421. The van der Waals surface area contributed by atoms with E-state index in [-0.39, 0.29) is 13.2 Å². The van der Waals surface area contributed by atoms with Gasteiger partial charge >= 0.3 is 0 Å². The molecule has 0 heterocycles. The number of hydrogen-bond acceptors (Lipinski definition) is 4. The Labute approximate surface area is 53.7 Å². The molecule has 0 radical (unpaired) electrons. The topological polar surface area (TPSA) is 80.9 Å². The maximum absolute atomic E-state index is 8.17. The van der Waals surface area contributed by atoms with Crippen LogP contribution in [0.25, 0.3) is 0 Å². The molecule has 4 heteroatoms. The molecule has 0 aromatic carbocycles. The lowest BCUT2D eigenvalue weighted by atomic mass is 10.4. The zero-order valence-electron chi connectivity index (χ0n) is 5.06. The van der Waals surface area contributed by atoms with Crippen molar-refractivity contribution in [2.24, 2.45) is 0 Å². The van der Waals surface area contributed by atoms with Crippen molar-refractivity contribution in [2.45, 2.75) is 6.10 Å². The van der Waals surface area contributed by atoms with E-state index in [1.54, 1.807) is 0 Å². The van der Waals surface area contributed by atoms with E-state index >= 15 is 0 Å². The molecule has 0 bridgehead atoms. The Hall–Kier alpha value is -0.580. The summed E-state index contributed by atoms with van der Waals surface area (Å²) >= 11 is 0. The van der Waals surface area contributed by atoms with Crippen molar-refractivity contribution >= 4 is 0 Å². The molecule has 0 aromatic rings. The lowest BCUT2D eigenvalue weighted by Gasteiger charge is -1.96. The molecule has 0 atom stereocenters. The molecular formula is C5H12O4. The van der Waals surface area contributed by atoms with Gasteiger partial charge < -0.3 is 20.4 Å². The van der Waals surface area contributed by atoms with Gasteiger partial charge in [0.25, 0.3) is 0 Å². The molecule has 0 spiro atoms. The predicted molar refractivity (Wildman–Crippen MR) is 33.0 cm³/mol. The Morgan fingerprint density at radius 3 is 1.56 bits per heavy atom. The standard InChI is InChI=1S/C3H8O3.C2H4O/c4-1-3(6)2-5;1-2-3/h3-6H,1-2H2;2-3H,1H2. The van der Waals surface area contributed by atoms with Gasteiger partial charge in [0.2, 0.25) is 0 Å². The van der Waals surface area contributed by atoms with E-state index in [2.05, 4.69) is 6.58 Å². The molecule has 0 saturated carbocycles. The van der Waals surface area contributed by atoms with E-state index in [0.29, 0.717) is 0 Å². The minimum Gasteiger partial charge on any atom is -0.516 e. The zero-order chi connectivity index (χ0) is 7.70. The lowest BCUT2D eigenvalue weighted by Crippen LogP contribution is -2.15. The van der Waals surface area contributed by atoms with Crippen LogP contribution in [0.3, 0.4) is 0 Å². The average molecular weight is 136 g/mol. The first-order chi connectivity index (χ1) is 4.22. The molecule has 56 valence electrons. The Morgan fingerprint density at radius 1 is 1.33 bits per heavy atom. The first-order valence-electron chi connectivity index (χ1n) is 2.37. The quantitative estimate of drug-likeness (QED) is 0.368. The van der Waals surface area contributed by atoms with E-state index in [9.17, 15) is 0 Å². The largest absolute Gasteiger partial charge is 0.516 e. The maximum Gasteiger partial charge on any atom is 0.100 e. The van der Waals surface area contributed by atoms with Crippen molar-refractivity contribution in [3.63, 3.8) is 0 Å². The SMILES string of the molecule is C=CO.OCC(O)CO. The van der Waals surface area contributed by atoms with E-state index in [0.717, 1.165) is 6.26 Å². The Kier molecular flexibility index (Phi) is 13.0. The molecule has 0 amide bonds. The second-order valence-corrected chi connectivity index (χ2v) is 1.20. The lowest BCUT2D eigenvalue weighted by molar-refractivity contribution is 0.0450. The van der Waals surface area contributed by atoms with Gasteiger partial charge in [0.05, 0.1) is 19.5 Å². The molecule has 0 aliphatic heterocycles. The summed E-state index contributed by atoms with van der Waals surface area (Å²) in [7, 11) is 0. The van der Waals surface area contributed by atoms with Gasteiger partial charge in [0.1, 0.15) is 6.10 Å². The molecule has 4 N–H and O–H groups in total. The van der Waals surface area contributed by atoms with Crippen molar-refractivity contribution in [3.8, 4) is 0 Å². The maximum atomic E-state index is 8.17. The summed E-state index contributed by atoms with van der Waals surface area (Å²) in [6.07, 6.45) is -0.204. The minimum absolute atomic E-state index is 0.365. The van der Waals surface area contributed by atoms with Crippen LogP contribution in [-0.2, 0) is 0 Å². The van der Waals surface area contributed by atoms with E-state index in [1.807, 2.05) is 0 Å². The molecule has 4 nitrogen and oxygen atoms in total. The van der Waals surface area contributed by atoms with E-state index in [1.165, 1.54) is 0 Å². The molecule has 0 aliphatic rings. The average Bonchev–Trinajstić information content (AvgIpc) is 1.88. The Balaban J connectivity index is 0. The molecular weight excluding hydrogens is 124 g/mol. The first kappa shape index (κ1) is 11.2. The molecule has 0 rings (SSSR count). The summed E-state index contributed by atoms with van der Waals surface area (Å²) in [5.41, 5.74) is 0. The molecule has 9 heavy (non-hydrogen) atoms. The highest BCUT2D eigenvalue weighted by Crippen LogP contribution is 1.71. The summed E-state index contributed by atoms with van der Waals surface area (Å²) in [4.78, 5) is 0. The fourth-order valence-electron chi connectivity index (χ4n) is 0.0577. The summed E-state index contributed by atoms with van der Waals surface area (Å²) in [6, 6.07) is 0. The second kappa shape index (κ2) is 10.4. The van der Waals surface area contributed by atoms with Gasteiger partial charge in [0.15, 0.2) is 0 Å². The predicted octanol–water partition coefficient (Wildman–Crippen LogP) is -0.980. The van der Waals surface area contributed by atoms with Gasteiger partial charge in [0, 0.05) is 0 Å². The van der Waals surface area contributed by atoms with Gasteiger partial charge in [-0.2, -0.15) is 0 Å².